The number of benzene rings is 2. The lowest BCUT2D eigenvalue weighted by molar-refractivity contribution is 0.0966. The van der Waals surface area contributed by atoms with Crippen molar-refractivity contribution in [2.45, 2.75) is 26.3 Å². The van der Waals surface area contributed by atoms with Crippen LogP contribution in [0, 0.1) is 5.82 Å². The van der Waals surface area contributed by atoms with E-state index in [1.54, 1.807) is 29.2 Å². The molecule has 0 spiro atoms. The summed E-state index contributed by atoms with van der Waals surface area (Å²) in [5.74, 6) is -0.807. The van der Waals surface area contributed by atoms with Gasteiger partial charge in [-0.25, -0.2) is 4.39 Å². The molecular weight excluding hydrogens is 293 g/mol. The van der Waals surface area contributed by atoms with E-state index in [1.165, 1.54) is 18.2 Å². The zero-order valence-corrected chi connectivity index (χ0v) is 13.3. The number of rotatable bonds is 1. The van der Waals surface area contributed by atoms with Gasteiger partial charge in [-0.3, -0.25) is 9.69 Å². The van der Waals surface area contributed by atoms with Crippen molar-refractivity contribution in [3.05, 3.63) is 65.5 Å². The maximum atomic E-state index is 14.1. The van der Waals surface area contributed by atoms with Gasteiger partial charge in [0, 0.05) is 5.56 Å². The van der Waals surface area contributed by atoms with Crippen LogP contribution in [0.15, 0.2) is 48.5 Å². The summed E-state index contributed by atoms with van der Waals surface area (Å²) in [5, 5.41) is 9.73. The topological polar surface area (TPSA) is 40.5 Å². The maximum Gasteiger partial charge on any atom is 0.262 e. The van der Waals surface area contributed by atoms with E-state index in [4.69, 9.17) is 0 Å². The van der Waals surface area contributed by atoms with Crippen LogP contribution < -0.4 is 4.90 Å². The number of aromatic hydroxyl groups is 1. The molecule has 2 aromatic carbocycles. The van der Waals surface area contributed by atoms with Crippen molar-refractivity contribution in [3.63, 3.8) is 0 Å². The highest BCUT2D eigenvalue weighted by Gasteiger charge is 2.37. The molecule has 1 amide bonds. The predicted octanol–water partition coefficient (Wildman–Crippen LogP) is 4.37. The molecule has 118 valence electrons. The molecule has 0 aromatic heterocycles. The van der Waals surface area contributed by atoms with Gasteiger partial charge >= 0.3 is 0 Å². The van der Waals surface area contributed by atoms with Crippen LogP contribution in [0.25, 0.3) is 5.57 Å². The molecule has 2 aromatic rings. The highest BCUT2D eigenvalue weighted by Crippen LogP contribution is 2.41. The molecule has 0 radical (unpaired) electrons. The molecule has 4 heteroatoms. The van der Waals surface area contributed by atoms with Crippen molar-refractivity contribution in [1.29, 1.82) is 0 Å². The van der Waals surface area contributed by atoms with Crippen LogP contribution in [0.2, 0.25) is 0 Å². The number of halogens is 1. The van der Waals surface area contributed by atoms with E-state index in [0.29, 0.717) is 5.69 Å². The standard InChI is InChI=1S/C19H18FNO2/c1-12-11-19(2,3)21(17-9-8-13(22)10-15(12)17)18(23)14-6-4-5-7-16(14)20/h4-11,22H,1-3H3. The van der Waals surface area contributed by atoms with Gasteiger partial charge in [0.15, 0.2) is 0 Å². The van der Waals surface area contributed by atoms with Gasteiger partial charge < -0.3 is 5.11 Å². The van der Waals surface area contributed by atoms with E-state index in [9.17, 15) is 14.3 Å². The first-order valence-electron chi connectivity index (χ1n) is 7.43. The first-order valence-corrected chi connectivity index (χ1v) is 7.43. The van der Waals surface area contributed by atoms with Crippen LogP contribution in [-0.2, 0) is 0 Å². The number of hydrogen-bond donors (Lipinski definition) is 1. The summed E-state index contributed by atoms with van der Waals surface area (Å²) in [5.41, 5.74) is 1.84. The molecule has 0 unspecified atom stereocenters. The van der Waals surface area contributed by atoms with Gasteiger partial charge in [-0.2, -0.15) is 0 Å². The highest BCUT2D eigenvalue weighted by atomic mass is 19.1. The number of phenols is 1. The fourth-order valence-corrected chi connectivity index (χ4v) is 3.14. The number of anilines is 1. The van der Waals surface area contributed by atoms with Crippen LogP contribution in [0.5, 0.6) is 5.75 Å². The summed E-state index contributed by atoms with van der Waals surface area (Å²) in [6.45, 7) is 5.75. The molecule has 3 rings (SSSR count). The van der Waals surface area contributed by atoms with Crippen LogP contribution >= 0.6 is 0 Å². The van der Waals surface area contributed by atoms with Crippen molar-refractivity contribution < 1.29 is 14.3 Å². The average molecular weight is 311 g/mol. The SMILES string of the molecule is CC1=CC(C)(C)N(C(=O)c2ccccc2F)c2ccc(O)cc21. The lowest BCUT2D eigenvalue weighted by Gasteiger charge is -2.41. The Labute approximate surface area is 134 Å². The van der Waals surface area contributed by atoms with Gasteiger partial charge in [0.25, 0.3) is 5.91 Å². The van der Waals surface area contributed by atoms with Crippen molar-refractivity contribution in [2.75, 3.05) is 4.90 Å². The summed E-state index contributed by atoms with van der Waals surface area (Å²) in [6, 6.07) is 10.8. The molecule has 23 heavy (non-hydrogen) atoms. The largest absolute Gasteiger partial charge is 0.508 e. The predicted molar refractivity (Wildman–Crippen MR) is 89.0 cm³/mol. The van der Waals surface area contributed by atoms with Gasteiger partial charge in [-0.15, -0.1) is 0 Å². The second-order valence-electron chi connectivity index (χ2n) is 6.30. The third kappa shape index (κ3) is 2.50. The Bertz CT molecular complexity index is 824. The van der Waals surface area contributed by atoms with Crippen molar-refractivity contribution in [2.24, 2.45) is 0 Å². The van der Waals surface area contributed by atoms with E-state index in [0.717, 1.165) is 11.1 Å². The Hall–Kier alpha value is -2.62. The number of carbonyl (C=O) groups is 1. The van der Waals surface area contributed by atoms with Crippen LogP contribution in [-0.4, -0.2) is 16.6 Å². The van der Waals surface area contributed by atoms with E-state index in [2.05, 4.69) is 0 Å². The number of nitrogens with zero attached hydrogens (tertiary/aromatic N) is 1. The van der Waals surface area contributed by atoms with E-state index in [1.807, 2.05) is 26.8 Å². The number of hydrogen-bond acceptors (Lipinski definition) is 2. The lowest BCUT2D eigenvalue weighted by atomic mass is 9.88. The van der Waals surface area contributed by atoms with Crippen LogP contribution in [0.4, 0.5) is 10.1 Å². The van der Waals surface area contributed by atoms with Gasteiger partial charge in [-0.1, -0.05) is 18.2 Å². The zero-order valence-electron chi connectivity index (χ0n) is 13.3. The molecule has 3 nitrogen and oxygen atoms in total. The molecule has 1 aliphatic rings. The van der Waals surface area contributed by atoms with E-state index < -0.39 is 17.3 Å². The minimum atomic E-state index is -0.604. The normalized spacial score (nSPS) is 15.8. The Balaban J connectivity index is 2.19. The Morgan fingerprint density at radius 3 is 2.57 bits per heavy atom. The van der Waals surface area contributed by atoms with Gasteiger partial charge in [0.1, 0.15) is 11.6 Å². The number of amides is 1. The summed E-state index contributed by atoms with van der Waals surface area (Å²) >= 11 is 0. The van der Waals surface area contributed by atoms with Gasteiger partial charge in [-0.05, 0) is 56.7 Å². The quantitative estimate of drug-likeness (QED) is 0.849. The first kappa shape index (κ1) is 15.3. The highest BCUT2D eigenvalue weighted by molar-refractivity contribution is 6.10. The fourth-order valence-electron chi connectivity index (χ4n) is 3.14. The second kappa shape index (κ2) is 5.23. The first-order chi connectivity index (χ1) is 10.8. The smallest absolute Gasteiger partial charge is 0.262 e. The van der Waals surface area contributed by atoms with Crippen molar-refractivity contribution in [1.82, 2.24) is 0 Å². The van der Waals surface area contributed by atoms with Crippen molar-refractivity contribution in [3.8, 4) is 5.75 Å². The minimum Gasteiger partial charge on any atom is -0.508 e. The Kier molecular flexibility index (Phi) is 3.48. The number of fused-ring (bicyclic) bond motifs is 1. The molecule has 0 aliphatic carbocycles. The average Bonchev–Trinajstić information content (AvgIpc) is 2.47. The molecule has 0 saturated heterocycles. The molecule has 1 N–H and O–H groups in total. The van der Waals surface area contributed by atoms with E-state index in [-0.39, 0.29) is 11.3 Å². The number of carbonyl (C=O) groups excluding carboxylic acids is 1. The molecule has 1 aliphatic heterocycles. The summed E-state index contributed by atoms with van der Waals surface area (Å²) < 4.78 is 14.1. The van der Waals surface area contributed by atoms with Crippen molar-refractivity contribution >= 4 is 17.2 Å². The fraction of sp³-hybridized carbons (Fsp3) is 0.211. The third-order valence-corrected chi connectivity index (χ3v) is 4.10. The second-order valence-corrected chi connectivity index (χ2v) is 6.30. The molecule has 0 bridgehead atoms. The molecule has 0 fully saturated rings. The monoisotopic (exact) mass is 311 g/mol. The summed E-state index contributed by atoms with van der Waals surface area (Å²) in [7, 11) is 0. The lowest BCUT2D eigenvalue weighted by Crippen LogP contribution is -2.49. The third-order valence-electron chi connectivity index (χ3n) is 4.10. The zero-order chi connectivity index (χ0) is 16.8. The Morgan fingerprint density at radius 1 is 1.17 bits per heavy atom. The van der Waals surface area contributed by atoms with Gasteiger partial charge in [0.2, 0.25) is 0 Å². The molecule has 0 atom stereocenters. The minimum absolute atomic E-state index is 0.0348. The van der Waals surface area contributed by atoms with Gasteiger partial charge in [0.05, 0.1) is 16.8 Å². The molecule has 1 heterocycles. The molecular formula is C19H18FNO2. The number of phenolic OH excluding ortho intramolecular Hbond substituents is 1. The number of allylic oxidation sites excluding steroid dienone is 1. The maximum absolute atomic E-state index is 14.1. The Morgan fingerprint density at radius 2 is 1.87 bits per heavy atom. The summed E-state index contributed by atoms with van der Waals surface area (Å²) in [4.78, 5) is 14.6. The van der Waals surface area contributed by atoms with Crippen LogP contribution in [0.1, 0.15) is 36.7 Å². The molecule has 0 saturated carbocycles. The van der Waals surface area contributed by atoms with E-state index >= 15 is 0 Å². The summed E-state index contributed by atoms with van der Waals surface area (Å²) in [6.07, 6.45) is 1.95. The van der Waals surface area contributed by atoms with Crippen LogP contribution in [0.3, 0.4) is 0 Å².